The van der Waals surface area contributed by atoms with Gasteiger partial charge in [0.05, 0.1) is 17.8 Å². The topological polar surface area (TPSA) is 27.7 Å². The smallest absolute Gasteiger partial charge is 0.491 e. The zero-order valence-corrected chi connectivity index (χ0v) is 12.8. The largest absolute Gasteiger partial charge is 0.494 e. The maximum atomic E-state index is 13.7. The molecule has 20 heavy (non-hydrogen) atoms. The van der Waals surface area contributed by atoms with Crippen LogP contribution in [0.4, 0.5) is 4.39 Å². The van der Waals surface area contributed by atoms with E-state index in [0.717, 1.165) is 11.9 Å². The molecular weight excluding hydrogens is 258 g/mol. The number of ether oxygens (including phenoxy) is 1. The number of halogens is 1. The third kappa shape index (κ3) is 2.84. The van der Waals surface area contributed by atoms with Crippen LogP contribution in [0.5, 0.6) is 5.75 Å². The molecule has 1 fully saturated rings. The highest BCUT2D eigenvalue weighted by molar-refractivity contribution is 6.62. The highest BCUT2D eigenvalue weighted by Crippen LogP contribution is 2.36. The minimum absolute atomic E-state index is 0.249. The first-order valence-electron chi connectivity index (χ1n) is 7.05. The third-order valence-electron chi connectivity index (χ3n) is 3.94. The summed E-state index contributed by atoms with van der Waals surface area (Å²) in [5, 5.41) is 0. The molecule has 0 amide bonds. The molecular formula is C15H22BFO3. The molecule has 0 unspecified atom stereocenters. The molecule has 0 atom stereocenters. The van der Waals surface area contributed by atoms with Crippen molar-refractivity contribution >= 4 is 12.6 Å². The number of benzene rings is 1. The van der Waals surface area contributed by atoms with Crippen molar-refractivity contribution in [1.82, 2.24) is 0 Å². The van der Waals surface area contributed by atoms with Crippen molar-refractivity contribution in [2.45, 2.75) is 52.2 Å². The lowest BCUT2D eigenvalue weighted by Gasteiger charge is -2.32. The second-order valence-electron chi connectivity index (χ2n) is 6.13. The second-order valence-corrected chi connectivity index (χ2v) is 6.13. The standard InChI is InChI=1S/C15H22BFO3/c1-6-9-18-13-10-11(7-8-12(13)17)16-19-14(2,3)15(4,5)20-16/h7-8,10H,6,9H2,1-5H3. The van der Waals surface area contributed by atoms with Crippen LogP contribution in [0.3, 0.4) is 0 Å². The lowest BCUT2D eigenvalue weighted by atomic mass is 9.79. The Morgan fingerprint density at radius 1 is 1.15 bits per heavy atom. The predicted octanol–water partition coefficient (Wildman–Crippen LogP) is 2.91. The van der Waals surface area contributed by atoms with E-state index in [1.807, 2.05) is 34.6 Å². The molecule has 3 nitrogen and oxygen atoms in total. The van der Waals surface area contributed by atoms with Crippen LogP contribution in [0.2, 0.25) is 0 Å². The van der Waals surface area contributed by atoms with Gasteiger partial charge in [0, 0.05) is 0 Å². The quantitative estimate of drug-likeness (QED) is 0.794. The predicted molar refractivity (Wildman–Crippen MR) is 77.9 cm³/mol. The molecule has 110 valence electrons. The molecule has 0 spiro atoms. The Hall–Kier alpha value is -1.07. The van der Waals surface area contributed by atoms with Gasteiger partial charge in [-0.1, -0.05) is 13.0 Å². The number of rotatable bonds is 4. The monoisotopic (exact) mass is 280 g/mol. The van der Waals surface area contributed by atoms with Crippen molar-refractivity contribution < 1.29 is 18.4 Å². The lowest BCUT2D eigenvalue weighted by Crippen LogP contribution is -2.41. The van der Waals surface area contributed by atoms with E-state index in [4.69, 9.17) is 14.0 Å². The van der Waals surface area contributed by atoms with Crippen LogP contribution in [0.1, 0.15) is 41.0 Å². The Bertz CT molecular complexity index is 472. The van der Waals surface area contributed by atoms with E-state index >= 15 is 0 Å². The zero-order valence-electron chi connectivity index (χ0n) is 12.8. The molecule has 1 saturated heterocycles. The van der Waals surface area contributed by atoms with Crippen LogP contribution in [0, 0.1) is 5.82 Å². The van der Waals surface area contributed by atoms with Gasteiger partial charge in [-0.15, -0.1) is 0 Å². The van der Waals surface area contributed by atoms with Crippen molar-refractivity contribution in [3.63, 3.8) is 0 Å². The second kappa shape index (κ2) is 5.37. The van der Waals surface area contributed by atoms with Gasteiger partial charge in [0.1, 0.15) is 0 Å². The fraction of sp³-hybridized carbons (Fsp3) is 0.600. The van der Waals surface area contributed by atoms with E-state index in [2.05, 4.69) is 0 Å². The molecule has 1 aliphatic heterocycles. The van der Waals surface area contributed by atoms with Crippen LogP contribution in [-0.2, 0) is 9.31 Å². The van der Waals surface area contributed by atoms with Gasteiger partial charge in [0.15, 0.2) is 11.6 Å². The summed E-state index contributed by atoms with van der Waals surface area (Å²) in [7, 11) is -0.496. The van der Waals surface area contributed by atoms with Gasteiger partial charge in [0.25, 0.3) is 0 Å². The summed E-state index contributed by atoms with van der Waals surface area (Å²) < 4.78 is 31.0. The van der Waals surface area contributed by atoms with Crippen molar-refractivity contribution in [2.24, 2.45) is 0 Å². The van der Waals surface area contributed by atoms with Crippen LogP contribution in [0.15, 0.2) is 18.2 Å². The average Bonchev–Trinajstić information content (AvgIpc) is 2.57. The van der Waals surface area contributed by atoms with Gasteiger partial charge in [0.2, 0.25) is 0 Å². The number of hydrogen-bond donors (Lipinski definition) is 0. The Kier molecular flexibility index (Phi) is 4.12. The van der Waals surface area contributed by atoms with E-state index in [0.29, 0.717) is 6.61 Å². The van der Waals surface area contributed by atoms with Crippen molar-refractivity contribution in [3.8, 4) is 5.75 Å². The summed E-state index contributed by atoms with van der Waals surface area (Å²) >= 11 is 0. The molecule has 0 N–H and O–H groups in total. The highest BCUT2D eigenvalue weighted by Gasteiger charge is 2.51. The summed E-state index contributed by atoms with van der Waals surface area (Å²) in [6, 6.07) is 4.73. The van der Waals surface area contributed by atoms with Gasteiger partial charge < -0.3 is 14.0 Å². The minimum atomic E-state index is -0.496. The van der Waals surface area contributed by atoms with Gasteiger partial charge >= 0.3 is 7.12 Å². The molecule has 0 bridgehead atoms. The summed E-state index contributed by atoms with van der Waals surface area (Å²) in [6.45, 7) is 10.4. The molecule has 0 saturated carbocycles. The van der Waals surface area contributed by atoms with E-state index < -0.39 is 18.3 Å². The first-order valence-corrected chi connectivity index (χ1v) is 7.05. The first kappa shape index (κ1) is 15.3. The van der Waals surface area contributed by atoms with Crippen LogP contribution < -0.4 is 10.2 Å². The summed E-state index contributed by atoms with van der Waals surface area (Å²) in [6.07, 6.45) is 0.833. The molecule has 0 aliphatic carbocycles. The summed E-state index contributed by atoms with van der Waals surface area (Å²) in [4.78, 5) is 0. The maximum absolute atomic E-state index is 13.7. The molecule has 1 aromatic carbocycles. The maximum Gasteiger partial charge on any atom is 0.494 e. The van der Waals surface area contributed by atoms with E-state index in [1.165, 1.54) is 6.07 Å². The normalized spacial score (nSPS) is 20.2. The lowest BCUT2D eigenvalue weighted by molar-refractivity contribution is 0.00578. The highest BCUT2D eigenvalue weighted by atomic mass is 19.1. The Morgan fingerprint density at radius 2 is 1.75 bits per heavy atom. The Balaban J connectivity index is 2.22. The Labute approximate surface area is 120 Å². The van der Waals surface area contributed by atoms with Gasteiger partial charge in [-0.05, 0) is 51.7 Å². The zero-order chi connectivity index (χ0) is 15.0. The fourth-order valence-electron chi connectivity index (χ4n) is 1.97. The minimum Gasteiger partial charge on any atom is -0.491 e. The first-order chi connectivity index (χ1) is 9.27. The van der Waals surface area contributed by atoms with Crippen molar-refractivity contribution in [2.75, 3.05) is 6.61 Å². The van der Waals surface area contributed by atoms with Gasteiger partial charge in [-0.25, -0.2) is 4.39 Å². The molecule has 0 aromatic heterocycles. The molecule has 1 aliphatic rings. The molecule has 0 radical (unpaired) electrons. The molecule has 2 rings (SSSR count). The molecule has 1 aromatic rings. The van der Waals surface area contributed by atoms with Crippen molar-refractivity contribution in [3.05, 3.63) is 24.0 Å². The summed E-state index contributed by atoms with van der Waals surface area (Å²) in [5.74, 6) is -0.113. The van der Waals surface area contributed by atoms with Crippen LogP contribution in [-0.4, -0.2) is 24.9 Å². The van der Waals surface area contributed by atoms with E-state index in [-0.39, 0.29) is 11.6 Å². The van der Waals surface area contributed by atoms with Crippen molar-refractivity contribution in [1.29, 1.82) is 0 Å². The molecule has 1 heterocycles. The molecule has 5 heteroatoms. The van der Waals surface area contributed by atoms with E-state index in [1.54, 1.807) is 12.1 Å². The van der Waals surface area contributed by atoms with Gasteiger partial charge in [-0.2, -0.15) is 0 Å². The fourth-order valence-corrected chi connectivity index (χ4v) is 1.97. The average molecular weight is 280 g/mol. The van der Waals surface area contributed by atoms with Gasteiger partial charge in [-0.3, -0.25) is 0 Å². The SMILES string of the molecule is CCCOc1cc(B2OC(C)(C)C(C)(C)O2)ccc1F. The Morgan fingerprint density at radius 3 is 2.30 bits per heavy atom. The third-order valence-corrected chi connectivity index (χ3v) is 3.94. The number of hydrogen-bond acceptors (Lipinski definition) is 3. The van der Waals surface area contributed by atoms with Crippen LogP contribution in [0.25, 0.3) is 0 Å². The summed E-state index contributed by atoms with van der Waals surface area (Å²) in [5.41, 5.74) is -0.0383. The van der Waals surface area contributed by atoms with E-state index in [9.17, 15) is 4.39 Å². The van der Waals surface area contributed by atoms with Crippen LogP contribution >= 0.6 is 0 Å².